The molecule has 0 heterocycles. The van der Waals surface area contributed by atoms with E-state index in [1.807, 2.05) is 39.0 Å². The molecule has 0 spiro atoms. The Morgan fingerprint density at radius 2 is 2.11 bits per heavy atom. The zero-order valence-electron chi connectivity index (χ0n) is 11.7. The fourth-order valence-corrected chi connectivity index (χ4v) is 1.57. The van der Waals surface area contributed by atoms with Crippen LogP contribution in [0.15, 0.2) is 24.3 Å². The van der Waals surface area contributed by atoms with Crippen LogP contribution < -0.4 is 15.8 Å². The topological polar surface area (TPSA) is 64.3 Å². The SMILES string of the molecule is CCOc1cccc(NC(=O)C(N)C(C)CC)c1.Cl. The largest absolute Gasteiger partial charge is 0.494 e. The van der Waals surface area contributed by atoms with Crippen LogP contribution in [0.5, 0.6) is 5.75 Å². The third-order valence-corrected chi connectivity index (χ3v) is 2.97. The zero-order valence-corrected chi connectivity index (χ0v) is 12.5. The molecule has 1 aromatic carbocycles. The van der Waals surface area contributed by atoms with Gasteiger partial charge >= 0.3 is 0 Å². The molecule has 0 aliphatic heterocycles. The number of nitrogens with one attached hydrogen (secondary N) is 1. The van der Waals surface area contributed by atoms with Gasteiger partial charge in [-0.1, -0.05) is 26.3 Å². The molecule has 0 aliphatic rings. The molecule has 19 heavy (non-hydrogen) atoms. The molecular weight excluding hydrogens is 264 g/mol. The van der Waals surface area contributed by atoms with E-state index in [0.717, 1.165) is 12.2 Å². The fourth-order valence-electron chi connectivity index (χ4n) is 1.57. The molecule has 3 N–H and O–H groups in total. The van der Waals surface area contributed by atoms with E-state index in [2.05, 4.69) is 5.32 Å². The lowest BCUT2D eigenvalue weighted by atomic mass is 9.99. The molecule has 0 saturated carbocycles. The van der Waals surface area contributed by atoms with E-state index >= 15 is 0 Å². The van der Waals surface area contributed by atoms with Crippen molar-refractivity contribution in [3.05, 3.63) is 24.3 Å². The summed E-state index contributed by atoms with van der Waals surface area (Å²) in [4.78, 5) is 11.9. The van der Waals surface area contributed by atoms with Crippen molar-refractivity contribution in [1.29, 1.82) is 0 Å². The third-order valence-electron chi connectivity index (χ3n) is 2.97. The summed E-state index contributed by atoms with van der Waals surface area (Å²) >= 11 is 0. The number of hydrogen-bond acceptors (Lipinski definition) is 3. The van der Waals surface area contributed by atoms with Gasteiger partial charge in [0.05, 0.1) is 12.6 Å². The Balaban J connectivity index is 0.00000324. The maximum absolute atomic E-state index is 11.9. The average molecular weight is 287 g/mol. The lowest BCUT2D eigenvalue weighted by Crippen LogP contribution is -2.40. The van der Waals surface area contributed by atoms with Gasteiger partial charge in [-0.05, 0) is 25.0 Å². The molecule has 0 aliphatic carbocycles. The van der Waals surface area contributed by atoms with Gasteiger partial charge in [0.1, 0.15) is 5.75 Å². The summed E-state index contributed by atoms with van der Waals surface area (Å²) in [6.45, 7) is 6.52. The van der Waals surface area contributed by atoms with E-state index in [9.17, 15) is 4.79 Å². The highest BCUT2D eigenvalue weighted by atomic mass is 35.5. The van der Waals surface area contributed by atoms with Gasteiger partial charge in [0.25, 0.3) is 0 Å². The van der Waals surface area contributed by atoms with Crippen molar-refractivity contribution in [3.8, 4) is 5.75 Å². The summed E-state index contributed by atoms with van der Waals surface area (Å²) in [5, 5.41) is 2.81. The summed E-state index contributed by atoms with van der Waals surface area (Å²) in [6.07, 6.45) is 0.883. The van der Waals surface area contributed by atoms with E-state index in [-0.39, 0.29) is 24.2 Å². The number of anilines is 1. The first-order valence-electron chi connectivity index (χ1n) is 6.37. The number of rotatable bonds is 6. The Hall–Kier alpha value is -1.26. The molecule has 2 atom stereocenters. The predicted molar refractivity (Wildman–Crippen MR) is 80.9 cm³/mol. The van der Waals surface area contributed by atoms with Crippen molar-refractivity contribution in [2.45, 2.75) is 33.2 Å². The molecule has 0 aromatic heterocycles. The maximum Gasteiger partial charge on any atom is 0.241 e. The Morgan fingerprint density at radius 3 is 2.68 bits per heavy atom. The highest BCUT2D eigenvalue weighted by molar-refractivity contribution is 5.95. The second-order valence-electron chi connectivity index (χ2n) is 4.36. The molecule has 5 heteroatoms. The van der Waals surface area contributed by atoms with Crippen molar-refractivity contribution in [3.63, 3.8) is 0 Å². The summed E-state index contributed by atoms with van der Waals surface area (Å²) < 4.78 is 5.37. The van der Waals surface area contributed by atoms with E-state index in [4.69, 9.17) is 10.5 Å². The summed E-state index contributed by atoms with van der Waals surface area (Å²) in [6, 6.07) is 6.84. The van der Waals surface area contributed by atoms with Crippen molar-refractivity contribution in [2.75, 3.05) is 11.9 Å². The monoisotopic (exact) mass is 286 g/mol. The molecule has 4 nitrogen and oxygen atoms in total. The molecule has 1 amide bonds. The molecule has 0 radical (unpaired) electrons. The second kappa shape index (κ2) is 8.77. The zero-order chi connectivity index (χ0) is 13.5. The van der Waals surface area contributed by atoms with Gasteiger partial charge in [-0.25, -0.2) is 0 Å². The predicted octanol–water partition coefficient (Wildman–Crippen LogP) is 2.82. The normalized spacial score (nSPS) is 13.1. The van der Waals surface area contributed by atoms with E-state index in [1.54, 1.807) is 6.07 Å². The highest BCUT2D eigenvalue weighted by Gasteiger charge is 2.19. The molecule has 0 saturated heterocycles. The van der Waals surface area contributed by atoms with Crippen LogP contribution in [0.4, 0.5) is 5.69 Å². The molecule has 1 aromatic rings. The Labute approximate surface area is 121 Å². The number of halogens is 1. The van der Waals surface area contributed by atoms with Crippen LogP contribution >= 0.6 is 12.4 Å². The second-order valence-corrected chi connectivity index (χ2v) is 4.36. The number of carbonyl (C=O) groups is 1. The maximum atomic E-state index is 11.9. The van der Waals surface area contributed by atoms with Crippen LogP contribution in [0.1, 0.15) is 27.2 Å². The van der Waals surface area contributed by atoms with Crippen molar-refractivity contribution >= 4 is 24.0 Å². The summed E-state index contributed by atoms with van der Waals surface area (Å²) in [5.74, 6) is 0.755. The fraction of sp³-hybridized carbons (Fsp3) is 0.500. The Morgan fingerprint density at radius 1 is 1.42 bits per heavy atom. The van der Waals surface area contributed by atoms with Crippen molar-refractivity contribution in [2.24, 2.45) is 11.7 Å². The van der Waals surface area contributed by atoms with Crippen LogP contribution in [0.2, 0.25) is 0 Å². The number of benzene rings is 1. The van der Waals surface area contributed by atoms with Crippen molar-refractivity contribution < 1.29 is 9.53 Å². The van der Waals surface area contributed by atoms with Gasteiger partial charge in [0.15, 0.2) is 0 Å². The first-order chi connectivity index (χ1) is 8.58. The van der Waals surface area contributed by atoms with Gasteiger partial charge in [0.2, 0.25) is 5.91 Å². The average Bonchev–Trinajstić information content (AvgIpc) is 2.37. The summed E-state index contributed by atoms with van der Waals surface area (Å²) in [5.41, 5.74) is 6.59. The minimum Gasteiger partial charge on any atom is -0.494 e. The van der Waals surface area contributed by atoms with Crippen LogP contribution in [0.25, 0.3) is 0 Å². The number of amides is 1. The standard InChI is InChI=1S/C14H22N2O2.ClH/c1-4-10(3)13(15)14(17)16-11-7-6-8-12(9-11)18-5-2;/h6-10,13H,4-5,15H2,1-3H3,(H,16,17);1H. The Kier molecular flexibility index (Phi) is 8.19. The third kappa shape index (κ3) is 5.49. The molecule has 108 valence electrons. The lowest BCUT2D eigenvalue weighted by Gasteiger charge is -2.18. The van der Waals surface area contributed by atoms with E-state index < -0.39 is 6.04 Å². The minimum absolute atomic E-state index is 0. The molecule has 1 rings (SSSR count). The smallest absolute Gasteiger partial charge is 0.241 e. The lowest BCUT2D eigenvalue weighted by molar-refractivity contribution is -0.118. The van der Waals surface area contributed by atoms with Crippen LogP contribution in [-0.2, 0) is 4.79 Å². The summed E-state index contributed by atoms with van der Waals surface area (Å²) in [7, 11) is 0. The van der Waals surface area contributed by atoms with E-state index in [0.29, 0.717) is 12.3 Å². The van der Waals surface area contributed by atoms with Crippen molar-refractivity contribution in [1.82, 2.24) is 0 Å². The van der Waals surface area contributed by atoms with E-state index in [1.165, 1.54) is 0 Å². The highest BCUT2D eigenvalue weighted by Crippen LogP contribution is 2.18. The van der Waals surface area contributed by atoms with Crippen LogP contribution in [0.3, 0.4) is 0 Å². The number of ether oxygens (including phenoxy) is 1. The molecule has 0 fully saturated rings. The van der Waals surface area contributed by atoms with Crippen LogP contribution in [-0.4, -0.2) is 18.6 Å². The van der Waals surface area contributed by atoms with Gasteiger partial charge in [0, 0.05) is 11.8 Å². The van der Waals surface area contributed by atoms with Crippen LogP contribution in [0, 0.1) is 5.92 Å². The molecular formula is C14H23ClN2O2. The van der Waals surface area contributed by atoms with Gasteiger partial charge in [-0.15, -0.1) is 12.4 Å². The number of nitrogens with two attached hydrogens (primary N) is 1. The molecule has 0 bridgehead atoms. The Bertz CT molecular complexity index is 399. The molecule has 2 unspecified atom stereocenters. The van der Waals surface area contributed by atoms with Gasteiger partial charge in [-0.2, -0.15) is 0 Å². The van der Waals surface area contributed by atoms with Gasteiger partial charge < -0.3 is 15.8 Å². The quantitative estimate of drug-likeness (QED) is 0.845. The van der Waals surface area contributed by atoms with Gasteiger partial charge in [-0.3, -0.25) is 4.79 Å². The number of hydrogen-bond donors (Lipinski definition) is 2. The first kappa shape index (κ1) is 17.7. The number of carbonyl (C=O) groups excluding carboxylic acids is 1. The first-order valence-corrected chi connectivity index (χ1v) is 6.37. The minimum atomic E-state index is -0.481.